The van der Waals surface area contributed by atoms with Crippen molar-refractivity contribution in [1.82, 2.24) is 0 Å². The lowest BCUT2D eigenvalue weighted by Crippen LogP contribution is -2.26. The van der Waals surface area contributed by atoms with Crippen LogP contribution in [-0.2, 0) is 0 Å². The Bertz CT molecular complexity index is 1560. The van der Waals surface area contributed by atoms with Crippen LogP contribution in [0.3, 0.4) is 0 Å². The monoisotopic (exact) mass is 724 g/mol. The molecule has 4 nitrogen and oxygen atoms in total. The minimum atomic E-state index is -1.30. The molecule has 0 aliphatic rings. The summed E-state index contributed by atoms with van der Waals surface area (Å²) in [4.78, 5) is 30.1. The van der Waals surface area contributed by atoms with E-state index in [9.17, 15) is 9.59 Å². The molecule has 6 heterocycles. The van der Waals surface area contributed by atoms with Crippen LogP contribution in [0.1, 0.15) is 19.3 Å². The largest absolute Gasteiger partial charge is 0.499 e. The highest BCUT2D eigenvalue weighted by atomic mass is 127. The van der Waals surface area contributed by atoms with E-state index in [1.165, 1.54) is 54.8 Å². The summed E-state index contributed by atoms with van der Waals surface area (Å²) in [6, 6.07) is 23.8. The Morgan fingerprint density at radius 1 is 0.579 bits per heavy atom. The highest BCUT2D eigenvalue weighted by molar-refractivity contribution is 14.1. The highest BCUT2D eigenvalue weighted by Gasteiger charge is 2.10. The molecule has 0 aliphatic heterocycles. The van der Waals surface area contributed by atoms with E-state index in [2.05, 4.69) is 64.4 Å². The molecule has 0 saturated carbocycles. The average molecular weight is 725 g/mol. The summed E-state index contributed by atoms with van der Waals surface area (Å²) in [5.74, 6) is 0. The molecule has 38 heavy (non-hydrogen) atoms. The van der Waals surface area contributed by atoms with Crippen LogP contribution >= 0.6 is 90.6 Å². The van der Waals surface area contributed by atoms with Gasteiger partial charge in [0.1, 0.15) is 0 Å². The van der Waals surface area contributed by atoms with E-state index in [1.807, 2.05) is 24.3 Å². The highest BCUT2D eigenvalue weighted by Crippen LogP contribution is 2.38. The molecule has 0 saturated heterocycles. The van der Waals surface area contributed by atoms with Gasteiger partial charge in [-0.1, -0.05) is 18.2 Å². The summed E-state index contributed by atoms with van der Waals surface area (Å²) < 4.78 is 1.86. The number of hydrogen-bond acceptors (Lipinski definition) is 10. The number of rotatable bonds is 6. The predicted octanol–water partition coefficient (Wildman–Crippen LogP) is 8.34. The Hall–Kier alpha value is -1.75. The number of carbonyl (C=O) groups excluding carboxylic acids is 2. The quantitative estimate of drug-likeness (QED) is 0.103. The van der Waals surface area contributed by atoms with Crippen molar-refractivity contribution in [2.24, 2.45) is 0 Å². The Morgan fingerprint density at radius 2 is 1.08 bits per heavy atom. The van der Waals surface area contributed by atoms with Gasteiger partial charge in [0.25, 0.3) is 0 Å². The van der Waals surface area contributed by atoms with Crippen LogP contribution in [0.4, 0.5) is 0 Å². The molecule has 0 unspecified atom stereocenters. The maximum atomic E-state index is 10.7. The lowest BCUT2D eigenvalue weighted by molar-refractivity contribution is 0.111. The molecule has 0 radical (unpaired) electrons. The fourth-order valence-corrected chi connectivity index (χ4v) is 8.89. The van der Waals surface area contributed by atoms with Crippen LogP contribution in [0.15, 0.2) is 83.6 Å². The van der Waals surface area contributed by atoms with E-state index < -0.39 is 7.12 Å². The van der Waals surface area contributed by atoms with Crippen molar-refractivity contribution in [3.05, 3.63) is 96.2 Å². The summed E-state index contributed by atoms with van der Waals surface area (Å²) in [6.45, 7) is 0. The molecule has 0 fully saturated rings. The molecule has 192 valence electrons. The van der Waals surface area contributed by atoms with Crippen molar-refractivity contribution >= 4 is 115 Å². The molecular formula is C26H18BIO4S6. The van der Waals surface area contributed by atoms with Crippen LogP contribution in [0.2, 0.25) is 0 Å². The Morgan fingerprint density at radius 3 is 1.50 bits per heavy atom. The first-order valence-electron chi connectivity index (χ1n) is 10.9. The smallest absolute Gasteiger partial charge is 0.423 e. The number of carbonyl (C=O) groups is 2. The average Bonchev–Trinajstić information content (AvgIpc) is 3.75. The topological polar surface area (TPSA) is 74.6 Å². The van der Waals surface area contributed by atoms with E-state index in [4.69, 9.17) is 10.0 Å². The Balaban J connectivity index is 0.000000142. The van der Waals surface area contributed by atoms with E-state index in [0.29, 0.717) is 4.78 Å². The molecule has 0 bridgehead atoms. The third-order valence-electron chi connectivity index (χ3n) is 4.71. The maximum absolute atomic E-state index is 10.7. The third-order valence-corrected chi connectivity index (χ3v) is 12.1. The first-order valence-corrected chi connectivity index (χ1v) is 17.0. The summed E-state index contributed by atoms with van der Waals surface area (Å²) in [7, 11) is -1.30. The van der Waals surface area contributed by atoms with Crippen LogP contribution in [0.25, 0.3) is 29.3 Å². The van der Waals surface area contributed by atoms with Crippen LogP contribution in [0.5, 0.6) is 0 Å². The van der Waals surface area contributed by atoms with Crippen molar-refractivity contribution in [3.63, 3.8) is 0 Å². The van der Waals surface area contributed by atoms with E-state index in [1.54, 1.807) is 62.9 Å². The summed E-state index contributed by atoms with van der Waals surface area (Å²) in [6.07, 6.45) is 1.80. The number of halogens is 1. The molecule has 6 aromatic rings. The standard InChI is InChI=1S/C13H8OS3.C9H5IOS2.C4H5BO2S/c14-8-9-3-4-12(16-9)13-6-5-11(17-13)10-2-1-7-15-10;10-9-4-3-8(13-9)7-2-1-6(5-11)12-7;6-5(7)4-2-1-3-8-4/h1-8H;1-5H;1-3,6-7H. The predicted molar refractivity (Wildman–Crippen MR) is 176 cm³/mol. The van der Waals surface area contributed by atoms with Gasteiger partial charge >= 0.3 is 7.12 Å². The normalized spacial score (nSPS) is 10.2. The van der Waals surface area contributed by atoms with Crippen molar-refractivity contribution in [1.29, 1.82) is 0 Å². The lowest BCUT2D eigenvalue weighted by atomic mass is 9.90. The van der Waals surface area contributed by atoms with Gasteiger partial charge in [-0.05, 0) is 87.9 Å². The zero-order valence-electron chi connectivity index (χ0n) is 19.4. The minimum absolute atomic E-state index is 0.588. The second-order valence-electron chi connectivity index (χ2n) is 7.27. The van der Waals surface area contributed by atoms with Gasteiger partial charge in [-0.15, -0.1) is 56.7 Å². The molecule has 6 aromatic heterocycles. The third kappa shape index (κ3) is 8.13. The van der Waals surface area contributed by atoms with Gasteiger partial charge in [-0.25, -0.2) is 0 Å². The molecule has 0 spiro atoms. The van der Waals surface area contributed by atoms with Gasteiger partial charge in [-0.2, -0.15) is 11.3 Å². The number of aldehydes is 2. The lowest BCUT2D eigenvalue weighted by Gasteiger charge is -1.89. The van der Waals surface area contributed by atoms with Gasteiger partial charge < -0.3 is 10.0 Å². The fourth-order valence-electron chi connectivity index (χ4n) is 3.00. The van der Waals surface area contributed by atoms with Gasteiger partial charge in [-0.3, -0.25) is 9.59 Å². The molecule has 0 atom stereocenters. The SMILES string of the molecule is O=Cc1ccc(-c2ccc(-c3cccs3)s2)s1.O=Cc1ccc(-c2ccc(I)s2)s1.OB(O)c1cccs1. The van der Waals surface area contributed by atoms with Gasteiger partial charge in [0.15, 0.2) is 12.6 Å². The first-order chi connectivity index (χ1) is 18.5. The van der Waals surface area contributed by atoms with Crippen LogP contribution < -0.4 is 4.78 Å². The zero-order valence-corrected chi connectivity index (χ0v) is 26.4. The summed E-state index contributed by atoms with van der Waals surface area (Å²) >= 11 is 12.0. The fraction of sp³-hybridized carbons (Fsp3) is 0. The number of thiophene rings is 6. The maximum Gasteiger partial charge on any atom is 0.499 e. The number of hydrogen-bond donors (Lipinski definition) is 2. The van der Waals surface area contributed by atoms with E-state index in [0.717, 1.165) is 22.3 Å². The van der Waals surface area contributed by atoms with Crippen molar-refractivity contribution in [3.8, 4) is 29.3 Å². The Labute approximate surface area is 257 Å². The molecular weight excluding hydrogens is 706 g/mol. The second kappa shape index (κ2) is 14.6. The van der Waals surface area contributed by atoms with Gasteiger partial charge in [0, 0.05) is 34.0 Å². The van der Waals surface area contributed by atoms with Crippen molar-refractivity contribution < 1.29 is 19.6 Å². The van der Waals surface area contributed by atoms with E-state index in [-0.39, 0.29) is 0 Å². The molecule has 12 heteroatoms. The van der Waals surface area contributed by atoms with Gasteiger partial charge in [0.05, 0.1) is 12.6 Å². The summed E-state index contributed by atoms with van der Waals surface area (Å²) in [5, 5.41) is 20.8. The molecule has 0 aliphatic carbocycles. The van der Waals surface area contributed by atoms with E-state index >= 15 is 0 Å². The zero-order chi connectivity index (χ0) is 26.9. The van der Waals surface area contributed by atoms with Crippen molar-refractivity contribution in [2.45, 2.75) is 0 Å². The van der Waals surface area contributed by atoms with Crippen LogP contribution in [-0.4, -0.2) is 29.7 Å². The van der Waals surface area contributed by atoms with Crippen molar-refractivity contribution in [2.75, 3.05) is 0 Å². The summed E-state index contributed by atoms with van der Waals surface area (Å²) in [5.41, 5.74) is 0. The molecule has 0 aromatic carbocycles. The molecule has 0 amide bonds. The van der Waals surface area contributed by atoms with Crippen LogP contribution in [0, 0.1) is 2.88 Å². The first kappa shape index (κ1) is 29.2. The molecule has 6 rings (SSSR count). The van der Waals surface area contributed by atoms with Gasteiger partial charge in [0.2, 0.25) is 0 Å². The minimum Gasteiger partial charge on any atom is -0.423 e. The molecule has 2 N–H and O–H groups in total. The Kier molecular flexibility index (Phi) is 11.2. The second-order valence-corrected chi connectivity index (χ2v) is 15.5.